The van der Waals surface area contributed by atoms with Gasteiger partial charge in [-0.3, -0.25) is 0 Å². The van der Waals surface area contributed by atoms with Crippen LogP contribution in [0.3, 0.4) is 0 Å². The van der Waals surface area contributed by atoms with E-state index in [4.69, 9.17) is 20.9 Å². The summed E-state index contributed by atoms with van der Waals surface area (Å²) < 4.78 is 10.7. The maximum Gasteiger partial charge on any atom is 0.123 e. The minimum atomic E-state index is 0. The van der Waals surface area contributed by atoms with E-state index in [0.717, 1.165) is 11.5 Å². The summed E-state index contributed by atoms with van der Waals surface area (Å²) in [5.74, 6) is 1.54. The first-order valence-corrected chi connectivity index (χ1v) is 4.62. The predicted molar refractivity (Wildman–Crippen MR) is 70.0 cm³/mol. The van der Waals surface area contributed by atoms with Crippen molar-refractivity contribution in [2.24, 2.45) is 11.5 Å². The summed E-state index contributed by atoms with van der Waals surface area (Å²) in [6.45, 7) is 2.04. The molecule has 0 aliphatic rings. The van der Waals surface area contributed by atoms with Gasteiger partial charge in [0.2, 0.25) is 0 Å². The van der Waals surface area contributed by atoms with Gasteiger partial charge >= 0.3 is 0 Å². The van der Waals surface area contributed by atoms with E-state index in [0.29, 0.717) is 26.3 Å². The lowest BCUT2D eigenvalue weighted by Gasteiger charge is -2.07. The van der Waals surface area contributed by atoms with Gasteiger partial charge < -0.3 is 20.9 Å². The SMILES string of the molecule is Cl.Cl.NCCOc1cccc(OCCN)c1. The van der Waals surface area contributed by atoms with E-state index in [9.17, 15) is 0 Å². The second kappa shape index (κ2) is 10.8. The first-order valence-electron chi connectivity index (χ1n) is 4.62. The fraction of sp³-hybridized carbons (Fsp3) is 0.400. The molecule has 0 saturated heterocycles. The van der Waals surface area contributed by atoms with Crippen LogP contribution in [-0.4, -0.2) is 26.3 Å². The van der Waals surface area contributed by atoms with Crippen molar-refractivity contribution in [2.75, 3.05) is 26.3 Å². The molecular weight excluding hydrogens is 251 g/mol. The molecule has 0 amide bonds. The minimum absolute atomic E-state index is 0. The van der Waals surface area contributed by atoms with Gasteiger partial charge in [-0.05, 0) is 12.1 Å². The van der Waals surface area contributed by atoms with Gasteiger partial charge in [0, 0.05) is 19.2 Å². The summed E-state index contributed by atoms with van der Waals surface area (Å²) in [5.41, 5.74) is 10.6. The summed E-state index contributed by atoms with van der Waals surface area (Å²) in [5, 5.41) is 0. The molecule has 0 saturated carbocycles. The van der Waals surface area contributed by atoms with E-state index in [2.05, 4.69) is 0 Å². The Bertz CT molecular complexity index is 252. The standard InChI is InChI=1S/C10H16N2O2.2ClH/c11-4-6-13-9-2-1-3-10(8-9)14-7-5-12;;/h1-3,8H,4-7,11-12H2;2*1H. The van der Waals surface area contributed by atoms with Gasteiger partial charge in [0.05, 0.1) is 0 Å². The van der Waals surface area contributed by atoms with Gasteiger partial charge in [0.1, 0.15) is 24.7 Å². The molecule has 0 fully saturated rings. The highest BCUT2D eigenvalue weighted by atomic mass is 35.5. The number of nitrogens with two attached hydrogens (primary N) is 2. The Balaban J connectivity index is 0. The Kier molecular flexibility index (Phi) is 12.0. The van der Waals surface area contributed by atoms with Crippen LogP contribution in [0.1, 0.15) is 0 Å². The van der Waals surface area contributed by atoms with Crippen LogP contribution in [0.2, 0.25) is 0 Å². The van der Waals surface area contributed by atoms with Crippen LogP contribution in [-0.2, 0) is 0 Å². The molecule has 0 spiro atoms. The summed E-state index contributed by atoms with van der Waals surface area (Å²) >= 11 is 0. The third-order valence-corrected chi connectivity index (χ3v) is 1.58. The molecule has 94 valence electrons. The molecule has 1 rings (SSSR count). The molecule has 1 aromatic carbocycles. The van der Waals surface area contributed by atoms with Crippen molar-refractivity contribution >= 4 is 24.8 Å². The molecule has 4 nitrogen and oxygen atoms in total. The lowest BCUT2D eigenvalue weighted by atomic mass is 10.3. The van der Waals surface area contributed by atoms with Gasteiger partial charge in [0.25, 0.3) is 0 Å². The minimum Gasteiger partial charge on any atom is -0.492 e. The number of ether oxygens (including phenoxy) is 2. The van der Waals surface area contributed by atoms with Crippen molar-refractivity contribution in [1.29, 1.82) is 0 Å². The van der Waals surface area contributed by atoms with Gasteiger partial charge in [0.15, 0.2) is 0 Å². The molecule has 0 heterocycles. The second-order valence-electron chi connectivity index (χ2n) is 2.75. The zero-order chi connectivity index (χ0) is 10.2. The average molecular weight is 269 g/mol. The average Bonchev–Trinajstić information content (AvgIpc) is 2.24. The van der Waals surface area contributed by atoms with E-state index in [1.54, 1.807) is 0 Å². The molecule has 0 atom stereocenters. The van der Waals surface area contributed by atoms with E-state index in [1.807, 2.05) is 24.3 Å². The van der Waals surface area contributed by atoms with E-state index >= 15 is 0 Å². The summed E-state index contributed by atoms with van der Waals surface area (Å²) in [7, 11) is 0. The molecule has 0 aliphatic carbocycles. The zero-order valence-electron chi connectivity index (χ0n) is 8.93. The smallest absolute Gasteiger partial charge is 0.123 e. The Morgan fingerprint density at radius 2 is 1.31 bits per heavy atom. The van der Waals surface area contributed by atoms with Crippen molar-refractivity contribution < 1.29 is 9.47 Å². The van der Waals surface area contributed by atoms with Crippen molar-refractivity contribution in [3.63, 3.8) is 0 Å². The third-order valence-electron chi connectivity index (χ3n) is 1.58. The molecule has 0 unspecified atom stereocenters. The Morgan fingerprint density at radius 3 is 1.69 bits per heavy atom. The molecule has 6 heteroatoms. The quantitative estimate of drug-likeness (QED) is 0.814. The number of benzene rings is 1. The monoisotopic (exact) mass is 268 g/mol. The normalized spacial score (nSPS) is 8.62. The largest absolute Gasteiger partial charge is 0.492 e. The number of rotatable bonds is 6. The second-order valence-corrected chi connectivity index (χ2v) is 2.75. The van der Waals surface area contributed by atoms with Crippen LogP contribution in [0.15, 0.2) is 24.3 Å². The topological polar surface area (TPSA) is 70.5 Å². The van der Waals surface area contributed by atoms with Gasteiger partial charge in [-0.15, -0.1) is 24.8 Å². The molecule has 0 radical (unpaired) electrons. The highest BCUT2D eigenvalue weighted by Crippen LogP contribution is 2.18. The maximum atomic E-state index is 5.34. The van der Waals surface area contributed by atoms with Crippen molar-refractivity contribution in [2.45, 2.75) is 0 Å². The predicted octanol–water partition coefficient (Wildman–Crippen LogP) is 1.21. The summed E-state index contributed by atoms with van der Waals surface area (Å²) in [6, 6.07) is 7.43. The Labute approximate surface area is 108 Å². The fourth-order valence-corrected chi connectivity index (χ4v) is 1.01. The third kappa shape index (κ3) is 6.74. The van der Waals surface area contributed by atoms with Crippen LogP contribution in [0.5, 0.6) is 11.5 Å². The molecule has 0 aromatic heterocycles. The van der Waals surface area contributed by atoms with Crippen LogP contribution < -0.4 is 20.9 Å². The zero-order valence-corrected chi connectivity index (χ0v) is 10.6. The molecular formula is C10H18Cl2N2O2. The van der Waals surface area contributed by atoms with Crippen LogP contribution >= 0.6 is 24.8 Å². The molecule has 0 bridgehead atoms. The Morgan fingerprint density at radius 1 is 0.875 bits per heavy atom. The Hall–Kier alpha value is -0.680. The summed E-state index contributed by atoms with van der Waals surface area (Å²) in [6.07, 6.45) is 0. The van der Waals surface area contributed by atoms with Gasteiger partial charge in [-0.1, -0.05) is 6.07 Å². The summed E-state index contributed by atoms with van der Waals surface area (Å²) in [4.78, 5) is 0. The molecule has 16 heavy (non-hydrogen) atoms. The lowest BCUT2D eigenvalue weighted by molar-refractivity contribution is 0.312. The van der Waals surface area contributed by atoms with E-state index < -0.39 is 0 Å². The highest BCUT2D eigenvalue weighted by molar-refractivity contribution is 5.85. The fourth-order valence-electron chi connectivity index (χ4n) is 1.01. The van der Waals surface area contributed by atoms with Crippen molar-refractivity contribution in [1.82, 2.24) is 0 Å². The number of hydrogen-bond donors (Lipinski definition) is 2. The number of hydrogen-bond acceptors (Lipinski definition) is 4. The van der Waals surface area contributed by atoms with E-state index in [1.165, 1.54) is 0 Å². The first kappa shape index (κ1) is 17.7. The van der Waals surface area contributed by atoms with E-state index in [-0.39, 0.29) is 24.8 Å². The number of halogens is 2. The lowest BCUT2D eigenvalue weighted by Crippen LogP contribution is -2.11. The molecule has 0 aliphatic heterocycles. The van der Waals surface area contributed by atoms with Gasteiger partial charge in [-0.25, -0.2) is 0 Å². The van der Waals surface area contributed by atoms with Crippen LogP contribution in [0, 0.1) is 0 Å². The van der Waals surface area contributed by atoms with Crippen molar-refractivity contribution in [3.05, 3.63) is 24.3 Å². The molecule has 4 N–H and O–H groups in total. The molecule has 1 aromatic rings. The van der Waals surface area contributed by atoms with Crippen LogP contribution in [0.4, 0.5) is 0 Å². The maximum absolute atomic E-state index is 5.34. The van der Waals surface area contributed by atoms with Gasteiger partial charge in [-0.2, -0.15) is 0 Å². The van der Waals surface area contributed by atoms with Crippen LogP contribution in [0.25, 0.3) is 0 Å². The first-order chi connectivity index (χ1) is 6.86. The van der Waals surface area contributed by atoms with Crippen molar-refractivity contribution in [3.8, 4) is 11.5 Å². The highest BCUT2D eigenvalue weighted by Gasteiger charge is 1.96.